The topological polar surface area (TPSA) is 48.6 Å². The fourth-order valence-electron chi connectivity index (χ4n) is 4.81. The maximum absolute atomic E-state index is 13.0. The number of rotatable bonds is 3. The van der Waals surface area contributed by atoms with Crippen molar-refractivity contribution >= 4 is 16.8 Å². The normalized spacial score (nSPS) is 26.4. The van der Waals surface area contributed by atoms with Gasteiger partial charge in [-0.2, -0.15) is 0 Å². The second-order valence-corrected chi connectivity index (χ2v) is 8.28. The molecule has 3 unspecified atom stereocenters. The van der Waals surface area contributed by atoms with E-state index >= 15 is 0 Å². The molecule has 1 N–H and O–H groups in total. The Kier molecular flexibility index (Phi) is 5.24. The van der Waals surface area contributed by atoms with Crippen molar-refractivity contribution in [3.05, 3.63) is 36.0 Å². The number of ether oxygens (including phenoxy) is 1. The van der Waals surface area contributed by atoms with Crippen molar-refractivity contribution in [2.24, 2.45) is 0 Å². The van der Waals surface area contributed by atoms with Gasteiger partial charge in [0.15, 0.2) is 0 Å². The minimum atomic E-state index is -0.0496. The van der Waals surface area contributed by atoms with Crippen LogP contribution < -0.4 is 0 Å². The van der Waals surface area contributed by atoms with E-state index in [0.717, 1.165) is 25.9 Å². The van der Waals surface area contributed by atoms with Crippen LogP contribution in [0.4, 0.5) is 0 Å². The molecule has 27 heavy (non-hydrogen) atoms. The van der Waals surface area contributed by atoms with E-state index in [1.165, 1.54) is 16.5 Å². The predicted octanol–water partition coefficient (Wildman–Crippen LogP) is 3.37. The molecule has 3 atom stereocenters. The van der Waals surface area contributed by atoms with Crippen LogP contribution in [0.5, 0.6) is 0 Å². The first kappa shape index (κ1) is 18.5. The molecule has 4 rings (SSSR count). The molecule has 2 aromatic rings. The van der Waals surface area contributed by atoms with Crippen LogP contribution in [0.25, 0.3) is 10.9 Å². The quantitative estimate of drug-likeness (QED) is 0.902. The molecule has 0 saturated carbocycles. The molecule has 0 spiro atoms. The van der Waals surface area contributed by atoms with Gasteiger partial charge in [0.25, 0.3) is 0 Å². The Morgan fingerprint density at radius 3 is 2.52 bits per heavy atom. The van der Waals surface area contributed by atoms with Gasteiger partial charge in [-0.3, -0.25) is 9.69 Å². The number of piperidine rings is 1. The third-order valence-electron chi connectivity index (χ3n) is 6.23. The van der Waals surface area contributed by atoms with E-state index in [1.807, 2.05) is 18.7 Å². The van der Waals surface area contributed by atoms with Gasteiger partial charge in [-0.25, -0.2) is 0 Å². The van der Waals surface area contributed by atoms with Crippen LogP contribution in [0.15, 0.2) is 30.5 Å². The maximum atomic E-state index is 13.0. The lowest BCUT2D eigenvalue weighted by atomic mass is 9.88. The summed E-state index contributed by atoms with van der Waals surface area (Å²) in [7, 11) is 0. The number of carbonyl (C=O) groups is 1. The average Bonchev–Trinajstić information content (AvgIpc) is 3.10. The lowest BCUT2D eigenvalue weighted by molar-refractivity contribution is -0.148. The summed E-state index contributed by atoms with van der Waals surface area (Å²) in [5, 5.41) is 1.34. The standard InChI is InChI=1S/C22H31N3O2/c1-15-13-25(14-16(2)27-15)22(26)17(3)24-10-8-18(9-11-24)20-12-23-21-7-5-4-6-19(20)21/h4-7,12,15-18,23H,8-11,13-14H2,1-3H3. The second-order valence-electron chi connectivity index (χ2n) is 8.28. The zero-order chi connectivity index (χ0) is 19.0. The number of fused-ring (bicyclic) bond motifs is 1. The van der Waals surface area contributed by atoms with Gasteiger partial charge >= 0.3 is 0 Å². The SMILES string of the molecule is CC1CN(C(=O)C(C)N2CCC(c3c[nH]c4ccccc34)CC2)CC(C)O1. The van der Waals surface area contributed by atoms with Crippen LogP contribution in [-0.2, 0) is 9.53 Å². The molecular weight excluding hydrogens is 338 g/mol. The number of nitrogens with one attached hydrogen (secondary N) is 1. The van der Waals surface area contributed by atoms with Crippen molar-refractivity contribution in [2.45, 2.75) is 57.8 Å². The molecule has 2 aliphatic rings. The summed E-state index contributed by atoms with van der Waals surface area (Å²) >= 11 is 0. The molecule has 2 aliphatic heterocycles. The molecule has 1 aromatic carbocycles. The summed E-state index contributed by atoms with van der Waals surface area (Å²) in [6.07, 6.45) is 4.64. The molecule has 1 aromatic heterocycles. The Balaban J connectivity index is 1.38. The van der Waals surface area contributed by atoms with Crippen molar-refractivity contribution in [2.75, 3.05) is 26.2 Å². The molecular formula is C22H31N3O2. The van der Waals surface area contributed by atoms with Crippen molar-refractivity contribution in [3.8, 4) is 0 Å². The van der Waals surface area contributed by atoms with Crippen molar-refractivity contribution < 1.29 is 9.53 Å². The van der Waals surface area contributed by atoms with Crippen molar-refractivity contribution in [3.63, 3.8) is 0 Å². The number of carbonyl (C=O) groups excluding carboxylic acids is 1. The van der Waals surface area contributed by atoms with Crippen LogP contribution in [-0.4, -0.2) is 65.1 Å². The van der Waals surface area contributed by atoms with Gasteiger partial charge < -0.3 is 14.6 Å². The summed E-state index contributed by atoms with van der Waals surface area (Å²) in [6, 6.07) is 8.48. The number of hydrogen-bond donors (Lipinski definition) is 1. The molecule has 0 bridgehead atoms. The lowest BCUT2D eigenvalue weighted by Gasteiger charge is -2.40. The Morgan fingerprint density at radius 1 is 1.15 bits per heavy atom. The largest absolute Gasteiger partial charge is 0.372 e. The first-order valence-electron chi connectivity index (χ1n) is 10.3. The highest BCUT2D eigenvalue weighted by Gasteiger charge is 2.33. The molecule has 0 aliphatic carbocycles. The molecule has 5 heteroatoms. The number of amides is 1. The first-order chi connectivity index (χ1) is 13.0. The minimum Gasteiger partial charge on any atom is -0.372 e. The number of aromatic amines is 1. The molecule has 3 heterocycles. The monoisotopic (exact) mass is 369 g/mol. The number of likely N-dealkylation sites (tertiary alicyclic amines) is 1. The van der Waals surface area contributed by atoms with E-state index in [4.69, 9.17) is 4.74 Å². The van der Waals surface area contributed by atoms with E-state index in [1.54, 1.807) is 0 Å². The highest BCUT2D eigenvalue weighted by molar-refractivity contribution is 5.84. The number of hydrogen-bond acceptors (Lipinski definition) is 3. The van der Waals surface area contributed by atoms with Crippen LogP contribution in [0, 0.1) is 0 Å². The van der Waals surface area contributed by atoms with Crippen LogP contribution in [0.3, 0.4) is 0 Å². The number of H-pyrrole nitrogens is 1. The summed E-state index contributed by atoms with van der Waals surface area (Å²) in [6.45, 7) is 9.54. The molecule has 1 amide bonds. The van der Waals surface area contributed by atoms with E-state index in [2.05, 4.69) is 47.3 Å². The Bertz CT molecular complexity index is 784. The number of nitrogens with zero attached hydrogens (tertiary/aromatic N) is 2. The van der Waals surface area contributed by atoms with Gasteiger partial charge in [0, 0.05) is 30.2 Å². The minimum absolute atomic E-state index is 0.0496. The van der Waals surface area contributed by atoms with E-state index < -0.39 is 0 Å². The first-order valence-corrected chi connectivity index (χ1v) is 10.3. The molecule has 2 fully saturated rings. The Morgan fingerprint density at radius 2 is 1.81 bits per heavy atom. The third-order valence-corrected chi connectivity index (χ3v) is 6.23. The molecule has 2 saturated heterocycles. The molecule has 0 radical (unpaired) electrons. The molecule has 146 valence electrons. The van der Waals surface area contributed by atoms with Crippen molar-refractivity contribution in [1.82, 2.24) is 14.8 Å². The van der Waals surface area contributed by atoms with E-state index in [0.29, 0.717) is 19.0 Å². The summed E-state index contributed by atoms with van der Waals surface area (Å²) in [5.74, 6) is 0.825. The van der Waals surface area contributed by atoms with Crippen molar-refractivity contribution in [1.29, 1.82) is 0 Å². The second kappa shape index (κ2) is 7.64. The Labute approximate surface area is 161 Å². The van der Waals surface area contributed by atoms with Gasteiger partial charge in [0.05, 0.1) is 18.2 Å². The number of aromatic nitrogens is 1. The van der Waals surface area contributed by atoms with Crippen LogP contribution >= 0.6 is 0 Å². The average molecular weight is 370 g/mol. The highest BCUT2D eigenvalue weighted by Crippen LogP contribution is 2.33. The van der Waals surface area contributed by atoms with Crippen LogP contribution in [0.1, 0.15) is 45.1 Å². The van der Waals surface area contributed by atoms with Gasteiger partial charge in [-0.15, -0.1) is 0 Å². The van der Waals surface area contributed by atoms with Gasteiger partial charge in [-0.05, 0) is 64.3 Å². The van der Waals surface area contributed by atoms with E-state index in [9.17, 15) is 4.79 Å². The predicted molar refractivity (Wildman–Crippen MR) is 108 cm³/mol. The summed E-state index contributed by atoms with van der Waals surface area (Å²) in [5.41, 5.74) is 2.65. The zero-order valence-electron chi connectivity index (χ0n) is 16.6. The Hall–Kier alpha value is -1.85. The number of benzene rings is 1. The smallest absolute Gasteiger partial charge is 0.239 e. The number of para-hydroxylation sites is 1. The summed E-state index contributed by atoms with van der Waals surface area (Å²) < 4.78 is 5.77. The van der Waals surface area contributed by atoms with Crippen LogP contribution in [0.2, 0.25) is 0 Å². The summed E-state index contributed by atoms with van der Waals surface area (Å²) in [4.78, 5) is 20.8. The fraction of sp³-hybridized carbons (Fsp3) is 0.591. The lowest BCUT2D eigenvalue weighted by Crippen LogP contribution is -2.55. The fourth-order valence-corrected chi connectivity index (χ4v) is 4.81. The zero-order valence-corrected chi connectivity index (χ0v) is 16.6. The maximum Gasteiger partial charge on any atom is 0.239 e. The highest BCUT2D eigenvalue weighted by atomic mass is 16.5. The number of morpholine rings is 1. The van der Waals surface area contributed by atoms with Gasteiger partial charge in [-0.1, -0.05) is 18.2 Å². The molecule has 5 nitrogen and oxygen atoms in total. The van der Waals surface area contributed by atoms with E-state index in [-0.39, 0.29) is 24.2 Å². The van der Waals surface area contributed by atoms with Gasteiger partial charge in [0.1, 0.15) is 0 Å². The third kappa shape index (κ3) is 3.76. The van der Waals surface area contributed by atoms with Gasteiger partial charge in [0.2, 0.25) is 5.91 Å².